The zero-order valence-corrected chi connectivity index (χ0v) is 13.9. The third-order valence-corrected chi connectivity index (χ3v) is 4.77. The van der Waals surface area contributed by atoms with Gasteiger partial charge < -0.3 is 4.57 Å². The summed E-state index contributed by atoms with van der Waals surface area (Å²) in [5, 5.41) is 1.07. The molecule has 1 heterocycles. The van der Waals surface area contributed by atoms with E-state index in [4.69, 9.17) is 2.74 Å². The summed E-state index contributed by atoms with van der Waals surface area (Å²) in [4.78, 5) is 12.4. The minimum Gasteiger partial charge on any atom is -0.309 e. The van der Waals surface area contributed by atoms with E-state index in [9.17, 15) is 4.79 Å². The van der Waals surface area contributed by atoms with Crippen molar-refractivity contribution in [1.82, 2.24) is 4.57 Å². The van der Waals surface area contributed by atoms with Crippen molar-refractivity contribution >= 4 is 10.9 Å². The molecule has 0 aliphatic heterocycles. The van der Waals surface area contributed by atoms with Crippen LogP contribution in [0, 0.1) is 0 Å². The standard InChI is InChI=1S/C22H23NO/c1-2-23-21-13-10-17(9-8-16-6-4-3-5-7-16)14-20(21)19(15-22(23)24)18-11-12-18/h3-7,10,13-15,18H,2,8-9,11-12H2,1H3/i8D,9D. The molecule has 0 N–H and O–H groups in total. The Bertz CT molecular complexity index is 992. The molecule has 122 valence electrons. The molecule has 4 rings (SSSR count). The number of fused-ring (bicyclic) bond motifs is 1. The Kier molecular flexibility index (Phi) is 3.40. The van der Waals surface area contributed by atoms with Gasteiger partial charge in [0.2, 0.25) is 0 Å². The van der Waals surface area contributed by atoms with Gasteiger partial charge in [0.05, 0.1) is 5.52 Å². The number of nitrogens with zero attached hydrogens (tertiary/aromatic N) is 1. The van der Waals surface area contributed by atoms with Gasteiger partial charge >= 0.3 is 0 Å². The van der Waals surface area contributed by atoms with Gasteiger partial charge in [-0.2, -0.15) is 0 Å². The first kappa shape index (κ1) is 13.0. The van der Waals surface area contributed by atoms with Crippen molar-refractivity contribution in [1.29, 1.82) is 0 Å². The fourth-order valence-corrected chi connectivity index (χ4v) is 3.35. The van der Waals surface area contributed by atoms with Crippen molar-refractivity contribution in [3.63, 3.8) is 0 Å². The van der Waals surface area contributed by atoms with Crippen molar-refractivity contribution in [3.05, 3.63) is 81.6 Å². The molecule has 0 spiro atoms. The molecule has 0 radical (unpaired) electrons. The van der Waals surface area contributed by atoms with Crippen LogP contribution in [0.5, 0.6) is 0 Å². The number of hydrogen-bond acceptors (Lipinski definition) is 1. The van der Waals surface area contributed by atoms with Crippen LogP contribution in [-0.4, -0.2) is 4.57 Å². The summed E-state index contributed by atoms with van der Waals surface area (Å²) in [5.41, 5.74) is 3.81. The molecule has 1 saturated carbocycles. The molecule has 0 amide bonds. The summed E-state index contributed by atoms with van der Waals surface area (Å²) in [5.74, 6) is 0.470. The van der Waals surface area contributed by atoms with Crippen LogP contribution in [0.15, 0.2) is 59.4 Å². The molecule has 24 heavy (non-hydrogen) atoms. The van der Waals surface area contributed by atoms with E-state index in [-0.39, 0.29) is 5.56 Å². The highest BCUT2D eigenvalue weighted by Gasteiger charge is 2.26. The van der Waals surface area contributed by atoms with Crippen LogP contribution in [-0.2, 0) is 19.3 Å². The van der Waals surface area contributed by atoms with Crippen molar-refractivity contribution in [3.8, 4) is 0 Å². The van der Waals surface area contributed by atoms with Gasteiger partial charge in [-0.25, -0.2) is 0 Å². The summed E-state index contributed by atoms with van der Waals surface area (Å²) in [6.45, 7) is 2.61. The average molecular weight is 319 g/mol. The van der Waals surface area contributed by atoms with E-state index in [1.54, 1.807) is 10.6 Å². The van der Waals surface area contributed by atoms with Crippen LogP contribution in [0.4, 0.5) is 0 Å². The Hall–Kier alpha value is -2.35. The Labute approximate surface area is 145 Å². The van der Waals surface area contributed by atoms with Gasteiger partial charge in [-0.1, -0.05) is 36.4 Å². The van der Waals surface area contributed by atoms with Crippen LogP contribution in [0.2, 0.25) is 0 Å². The molecule has 1 fully saturated rings. The predicted octanol–water partition coefficient (Wildman–Crippen LogP) is 4.68. The minimum atomic E-state index is -0.657. The molecule has 0 saturated heterocycles. The van der Waals surface area contributed by atoms with Crippen LogP contribution in [0.1, 0.15) is 45.1 Å². The molecule has 2 atom stereocenters. The summed E-state index contributed by atoms with van der Waals surface area (Å²) < 4.78 is 18.9. The lowest BCUT2D eigenvalue weighted by atomic mass is 9.99. The second-order valence-corrected chi connectivity index (χ2v) is 6.48. The van der Waals surface area contributed by atoms with E-state index in [1.807, 2.05) is 55.5 Å². The number of pyridine rings is 1. The van der Waals surface area contributed by atoms with Gasteiger partial charge in [0.1, 0.15) is 0 Å². The molecule has 3 aromatic rings. The second kappa shape index (κ2) is 6.27. The zero-order chi connectivity index (χ0) is 18.3. The SMILES string of the molecule is [2H]C(c1ccccc1)C([2H])c1ccc2c(c1)c(C1CC1)cc(=O)n2CC. The van der Waals surface area contributed by atoms with Gasteiger partial charge in [-0.15, -0.1) is 0 Å². The molecule has 1 aliphatic rings. The molecule has 0 bridgehead atoms. The van der Waals surface area contributed by atoms with Crippen LogP contribution in [0.25, 0.3) is 10.9 Å². The van der Waals surface area contributed by atoms with Crippen LogP contribution >= 0.6 is 0 Å². The van der Waals surface area contributed by atoms with E-state index < -0.39 is 12.8 Å². The van der Waals surface area contributed by atoms with Gasteiger partial charge in [0.15, 0.2) is 0 Å². The Morgan fingerprint density at radius 2 is 1.79 bits per heavy atom. The Morgan fingerprint density at radius 3 is 2.50 bits per heavy atom. The van der Waals surface area contributed by atoms with E-state index in [0.29, 0.717) is 12.5 Å². The summed E-state index contributed by atoms with van der Waals surface area (Å²) in [7, 11) is 0. The molecular weight excluding hydrogens is 294 g/mol. The number of benzene rings is 2. The monoisotopic (exact) mass is 319 g/mol. The molecule has 1 aromatic heterocycles. The highest BCUT2D eigenvalue weighted by atomic mass is 16.1. The van der Waals surface area contributed by atoms with E-state index >= 15 is 0 Å². The van der Waals surface area contributed by atoms with E-state index in [1.165, 1.54) is 0 Å². The van der Waals surface area contributed by atoms with Crippen molar-refractivity contribution in [2.45, 2.75) is 45.0 Å². The number of aryl methyl sites for hydroxylation is 3. The Morgan fingerprint density at radius 1 is 1.04 bits per heavy atom. The highest BCUT2D eigenvalue weighted by Crippen LogP contribution is 2.42. The molecule has 2 aromatic carbocycles. The normalized spacial score (nSPS) is 18.0. The first-order valence-corrected chi connectivity index (χ1v) is 8.67. The largest absolute Gasteiger partial charge is 0.309 e. The van der Waals surface area contributed by atoms with Crippen LogP contribution in [0.3, 0.4) is 0 Å². The molecule has 2 unspecified atom stereocenters. The molecule has 1 aliphatic carbocycles. The summed E-state index contributed by atoms with van der Waals surface area (Å²) >= 11 is 0. The average Bonchev–Trinajstić information content (AvgIpc) is 3.52. The quantitative estimate of drug-likeness (QED) is 0.669. The van der Waals surface area contributed by atoms with Gasteiger partial charge in [-0.3, -0.25) is 4.79 Å². The fourth-order valence-electron chi connectivity index (χ4n) is 3.35. The molecule has 2 nitrogen and oxygen atoms in total. The number of aromatic nitrogens is 1. The van der Waals surface area contributed by atoms with E-state index in [2.05, 4.69) is 0 Å². The maximum atomic E-state index is 12.4. The lowest BCUT2D eigenvalue weighted by molar-refractivity contribution is 0.756. The third-order valence-electron chi connectivity index (χ3n) is 4.77. The van der Waals surface area contributed by atoms with Gasteiger partial charge in [0, 0.05) is 20.7 Å². The maximum absolute atomic E-state index is 12.4. The van der Waals surface area contributed by atoms with Crippen LogP contribution < -0.4 is 5.56 Å². The third kappa shape index (κ3) is 2.89. The van der Waals surface area contributed by atoms with Gasteiger partial charge in [0.25, 0.3) is 5.56 Å². The topological polar surface area (TPSA) is 22.0 Å². The minimum absolute atomic E-state index is 0.0553. The molecule has 2 heteroatoms. The van der Waals surface area contributed by atoms with E-state index in [0.717, 1.165) is 40.4 Å². The first-order chi connectivity index (χ1) is 12.6. The van der Waals surface area contributed by atoms with Crippen molar-refractivity contribution in [2.24, 2.45) is 0 Å². The Balaban J connectivity index is 1.81. The lowest BCUT2D eigenvalue weighted by Crippen LogP contribution is -2.19. The number of hydrogen-bond donors (Lipinski definition) is 0. The first-order valence-electron chi connectivity index (χ1n) is 9.82. The highest BCUT2D eigenvalue weighted by molar-refractivity contribution is 5.84. The van der Waals surface area contributed by atoms with Gasteiger partial charge in [-0.05, 0) is 67.3 Å². The smallest absolute Gasteiger partial charge is 0.251 e. The fraction of sp³-hybridized carbons (Fsp3) is 0.318. The second-order valence-electron chi connectivity index (χ2n) is 6.48. The maximum Gasteiger partial charge on any atom is 0.251 e. The lowest BCUT2D eigenvalue weighted by Gasteiger charge is -2.13. The molecular formula is C22H23NO. The summed E-state index contributed by atoms with van der Waals surface area (Å²) in [6.07, 6.45) is 0.972. The number of rotatable bonds is 5. The predicted molar refractivity (Wildman–Crippen MR) is 99.7 cm³/mol. The zero-order valence-electron chi connectivity index (χ0n) is 15.9. The summed E-state index contributed by atoms with van der Waals surface area (Å²) in [6, 6.07) is 17.3. The van der Waals surface area contributed by atoms with Crippen molar-refractivity contribution in [2.75, 3.05) is 0 Å². The van der Waals surface area contributed by atoms with Crippen molar-refractivity contribution < 1.29 is 2.74 Å².